The number of carbonyl (C=O) groups excluding carboxylic acids is 1. The summed E-state index contributed by atoms with van der Waals surface area (Å²) in [6.07, 6.45) is -0.654. The zero-order valence-electron chi connectivity index (χ0n) is 13.7. The first-order valence-corrected chi connectivity index (χ1v) is 7.04. The van der Waals surface area contributed by atoms with Crippen molar-refractivity contribution < 1.29 is 14.3 Å². The highest BCUT2D eigenvalue weighted by Gasteiger charge is 2.21. The molecule has 0 amide bonds. The van der Waals surface area contributed by atoms with Gasteiger partial charge in [-0.05, 0) is 41.0 Å². The van der Waals surface area contributed by atoms with E-state index in [1.807, 2.05) is 12.1 Å². The van der Waals surface area contributed by atoms with E-state index < -0.39 is 6.16 Å². The largest absolute Gasteiger partial charge is 0.513 e. The van der Waals surface area contributed by atoms with Crippen LogP contribution < -0.4 is 4.74 Å². The van der Waals surface area contributed by atoms with E-state index in [0.717, 1.165) is 11.1 Å². The lowest BCUT2D eigenvalue weighted by atomic mass is 9.80. The summed E-state index contributed by atoms with van der Waals surface area (Å²) in [6, 6.07) is 6.00. The molecular formula is C17H26O3. The number of benzene rings is 1. The minimum atomic E-state index is -0.654. The van der Waals surface area contributed by atoms with Gasteiger partial charge in [0, 0.05) is 0 Å². The van der Waals surface area contributed by atoms with Crippen LogP contribution in [-0.2, 0) is 15.6 Å². The van der Waals surface area contributed by atoms with Gasteiger partial charge in [0.25, 0.3) is 0 Å². The fraction of sp³-hybridized carbons (Fsp3) is 0.588. The smallest absolute Gasteiger partial charge is 0.434 e. The van der Waals surface area contributed by atoms with E-state index in [1.54, 1.807) is 6.92 Å². The Hall–Kier alpha value is -1.51. The molecular weight excluding hydrogens is 252 g/mol. The summed E-state index contributed by atoms with van der Waals surface area (Å²) < 4.78 is 10.1. The first-order valence-electron chi connectivity index (χ1n) is 7.04. The molecule has 0 aliphatic rings. The normalized spacial score (nSPS) is 12.2. The minimum absolute atomic E-state index is 0.00592. The number of hydrogen-bond acceptors (Lipinski definition) is 3. The summed E-state index contributed by atoms with van der Waals surface area (Å²) >= 11 is 0. The minimum Gasteiger partial charge on any atom is -0.434 e. The third kappa shape index (κ3) is 4.55. The Balaban J connectivity index is 3.21. The predicted molar refractivity (Wildman–Crippen MR) is 81.5 cm³/mol. The highest BCUT2D eigenvalue weighted by Crippen LogP contribution is 2.32. The average molecular weight is 278 g/mol. The molecule has 0 radical (unpaired) electrons. The standard InChI is InChI=1S/C17H26O3/c1-8-19-15(18)20-14-10-12(16(2,3)4)9-13(11-14)17(5,6)7/h9-11H,8H2,1-7H3. The van der Waals surface area contributed by atoms with Gasteiger partial charge in [-0.3, -0.25) is 0 Å². The monoisotopic (exact) mass is 278 g/mol. The van der Waals surface area contributed by atoms with E-state index in [9.17, 15) is 4.79 Å². The van der Waals surface area contributed by atoms with Crippen molar-refractivity contribution in [2.45, 2.75) is 59.3 Å². The Morgan fingerprint density at radius 2 is 1.40 bits per heavy atom. The van der Waals surface area contributed by atoms with Gasteiger partial charge in [0.15, 0.2) is 0 Å². The lowest BCUT2D eigenvalue weighted by Gasteiger charge is -2.25. The molecule has 0 saturated carbocycles. The van der Waals surface area contributed by atoms with Crippen LogP contribution in [0.15, 0.2) is 18.2 Å². The van der Waals surface area contributed by atoms with Crippen molar-refractivity contribution in [3.05, 3.63) is 29.3 Å². The summed E-state index contributed by atoms with van der Waals surface area (Å²) in [7, 11) is 0. The Kier molecular flexibility index (Phi) is 4.85. The molecule has 0 N–H and O–H groups in total. The zero-order chi connectivity index (χ0) is 15.6. The molecule has 0 heterocycles. The molecule has 3 nitrogen and oxygen atoms in total. The first kappa shape index (κ1) is 16.5. The number of rotatable bonds is 2. The van der Waals surface area contributed by atoms with Crippen molar-refractivity contribution >= 4 is 6.16 Å². The molecule has 1 aromatic rings. The Morgan fingerprint density at radius 1 is 0.950 bits per heavy atom. The molecule has 0 saturated heterocycles. The SMILES string of the molecule is CCOC(=O)Oc1cc(C(C)(C)C)cc(C(C)(C)C)c1. The first-order chi connectivity index (χ1) is 9.04. The lowest BCUT2D eigenvalue weighted by Crippen LogP contribution is -2.18. The van der Waals surface area contributed by atoms with E-state index >= 15 is 0 Å². The summed E-state index contributed by atoms with van der Waals surface area (Å²) in [6.45, 7) is 14.9. The van der Waals surface area contributed by atoms with E-state index in [1.165, 1.54) is 0 Å². The summed E-state index contributed by atoms with van der Waals surface area (Å²) in [5, 5.41) is 0. The van der Waals surface area contributed by atoms with Crippen molar-refractivity contribution in [3.63, 3.8) is 0 Å². The highest BCUT2D eigenvalue weighted by atomic mass is 16.7. The van der Waals surface area contributed by atoms with E-state index in [0.29, 0.717) is 12.4 Å². The molecule has 0 spiro atoms. The van der Waals surface area contributed by atoms with Crippen LogP contribution >= 0.6 is 0 Å². The zero-order valence-corrected chi connectivity index (χ0v) is 13.7. The van der Waals surface area contributed by atoms with Gasteiger partial charge in [-0.15, -0.1) is 0 Å². The topological polar surface area (TPSA) is 35.5 Å². The van der Waals surface area contributed by atoms with Crippen molar-refractivity contribution in [1.82, 2.24) is 0 Å². The molecule has 0 fully saturated rings. The van der Waals surface area contributed by atoms with Crippen molar-refractivity contribution in [2.24, 2.45) is 0 Å². The van der Waals surface area contributed by atoms with Crippen LogP contribution in [0.3, 0.4) is 0 Å². The van der Waals surface area contributed by atoms with Gasteiger partial charge < -0.3 is 9.47 Å². The molecule has 1 rings (SSSR count). The van der Waals surface area contributed by atoms with Crippen LogP contribution in [0.1, 0.15) is 59.6 Å². The molecule has 0 atom stereocenters. The fourth-order valence-corrected chi connectivity index (χ4v) is 1.77. The molecule has 0 aliphatic heterocycles. The Morgan fingerprint density at radius 3 is 1.75 bits per heavy atom. The van der Waals surface area contributed by atoms with Crippen LogP contribution in [0.25, 0.3) is 0 Å². The third-order valence-corrected chi connectivity index (χ3v) is 3.10. The molecule has 20 heavy (non-hydrogen) atoms. The third-order valence-electron chi connectivity index (χ3n) is 3.10. The van der Waals surface area contributed by atoms with Crippen molar-refractivity contribution in [1.29, 1.82) is 0 Å². The van der Waals surface area contributed by atoms with Gasteiger partial charge in [-0.1, -0.05) is 47.6 Å². The fourth-order valence-electron chi connectivity index (χ4n) is 1.77. The quantitative estimate of drug-likeness (QED) is 0.575. The molecule has 0 bridgehead atoms. The summed E-state index contributed by atoms with van der Waals surface area (Å²) in [4.78, 5) is 11.5. The van der Waals surface area contributed by atoms with Crippen LogP contribution in [0.2, 0.25) is 0 Å². The molecule has 0 aliphatic carbocycles. The second-order valence-corrected chi connectivity index (χ2v) is 7.03. The Labute approximate surface area is 122 Å². The molecule has 3 heteroatoms. The number of hydrogen-bond donors (Lipinski definition) is 0. The van der Waals surface area contributed by atoms with Crippen molar-refractivity contribution in [3.8, 4) is 5.75 Å². The molecule has 1 aromatic carbocycles. The maximum atomic E-state index is 11.5. The molecule has 0 aromatic heterocycles. The van der Waals surface area contributed by atoms with Crippen LogP contribution in [0.5, 0.6) is 5.75 Å². The maximum absolute atomic E-state index is 11.5. The maximum Gasteiger partial charge on any atom is 0.513 e. The van der Waals surface area contributed by atoms with Crippen molar-refractivity contribution in [2.75, 3.05) is 6.61 Å². The molecule has 112 valence electrons. The van der Waals surface area contributed by atoms with E-state index in [-0.39, 0.29) is 10.8 Å². The van der Waals surface area contributed by atoms with Gasteiger partial charge in [-0.2, -0.15) is 0 Å². The van der Waals surface area contributed by atoms with Gasteiger partial charge in [0.1, 0.15) is 5.75 Å². The van der Waals surface area contributed by atoms with E-state index in [2.05, 4.69) is 47.6 Å². The van der Waals surface area contributed by atoms with Gasteiger partial charge >= 0.3 is 6.16 Å². The number of carbonyl (C=O) groups is 1. The second kappa shape index (κ2) is 5.86. The van der Waals surface area contributed by atoms with E-state index in [4.69, 9.17) is 9.47 Å². The summed E-state index contributed by atoms with van der Waals surface area (Å²) in [5.74, 6) is 0.542. The van der Waals surface area contributed by atoms with Gasteiger partial charge in [-0.25, -0.2) is 4.79 Å². The highest BCUT2D eigenvalue weighted by molar-refractivity contribution is 5.64. The Bertz CT molecular complexity index is 444. The predicted octanol–water partition coefficient (Wildman–Crippen LogP) is 4.82. The number of ether oxygens (including phenoxy) is 2. The molecule has 0 unspecified atom stereocenters. The van der Waals surface area contributed by atoms with Gasteiger partial charge in [0.2, 0.25) is 0 Å². The van der Waals surface area contributed by atoms with Gasteiger partial charge in [0.05, 0.1) is 6.61 Å². The second-order valence-electron chi connectivity index (χ2n) is 7.03. The van der Waals surface area contributed by atoms with Crippen LogP contribution in [0.4, 0.5) is 4.79 Å². The van der Waals surface area contributed by atoms with Crippen LogP contribution in [0, 0.1) is 0 Å². The average Bonchev–Trinajstić information content (AvgIpc) is 2.26. The van der Waals surface area contributed by atoms with Crippen LogP contribution in [-0.4, -0.2) is 12.8 Å². The lowest BCUT2D eigenvalue weighted by molar-refractivity contribution is 0.104. The summed E-state index contributed by atoms with van der Waals surface area (Å²) in [5.41, 5.74) is 2.27.